The number of benzene rings is 3. The molecule has 7 heteroatoms. The first-order valence-electron chi connectivity index (χ1n) is 10.5. The number of esters is 1. The van der Waals surface area contributed by atoms with E-state index in [2.05, 4.69) is 16.0 Å². The number of nitrogens with one attached hydrogen (secondary N) is 1. The normalized spacial score (nSPS) is 11.1. The molecule has 0 radical (unpaired) electrons. The minimum Gasteiger partial charge on any atom is -0.465 e. The van der Waals surface area contributed by atoms with Gasteiger partial charge in [-0.15, -0.1) is 11.3 Å². The summed E-state index contributed by atoms with van der Waals surface area (Å²) >= 11 is 1.67. The molecule has 0 aliphatic carbocycles. The van der Waals surface area contributed by atoms with E-state index in [0.717, 1.165) is 31.7 Å². The molecule has 1 amide bonds. The fraction of sp³-hybridized carbons (Fsp3) is 0.115. The van der Waals surface area contributed by atoms with Crippen LogP contribution in [0.25, 0.3) is 21.1 Å². The molecule has 2 heterocycles. The Balaban J connectivity index is 1.37. The number of methoxy groups -OCH3 is 1. The van der Waals surface area contributed by atoms with E-state index in [1.165, 1.54) is 7.11 Å². The summed E-state index contributed by atoms with van der Waals surface area (Å²) in [5, 5.41) is 4.99. The van der Waals surface area contributed by atoms with E-state index in [9.17, 15) is 9.59 Å². The van der Waals surface area contributed by atoms with E-state index in [0.29, 0.717) is 24.2 Å². The van der Waals surface area contributed by atoms with Crippen LogP contribution in [0, 0.1) is 0 Å². The van der Waals surface area contributed by atoms with Crippen molar-refractivity contribution in [2.24, 2.45) is 0 Å². The van der Waals surface area contributed by atoms with Gasteiger partial charge in [0.25, 0.3) is 5.91 Å². The summed E-state index contributed by atoms with van der Waals surface area (Å²) in [6.07, 6.45) is 2.00. The highest BCUT2D eigenvalue weighted by Crippen LogP contribution is 2.26. The van der Waals surface area contributed by atoms with E-state index in [-0.39, 0.29) is 11.9 Å². The molecule has 0 atom stereocenters. The van der Waals surface area contributed by atoms with Gasteiger partial charge >= 0.3 is 5.97 Å². The molecule has 0 aliphatic rings. The predicted octanol–water partition coefficient (Wildman–Crippen LogP) is 5.02. The highest BCUT2D eigenvalue weighted by atomic mass is 32.1. The first-order chi connectivity index (χ1) is 16.1. The van der Waals surface area contributed by atoms with Crippen LogP contribution in [-0.2, 0) is 17.8 Å². The maximum absolute atomic E-state index is 13.1. The number of para-hydroxylation sites is 2. The first-order valence-corrected chi connectivity index (χ1v) is 11.3. The maximum atomic E-state index is 13.1. The quantitative estimate of drug-likeness (QED) is 0.365. The Hall–Kier alpha value is -3.97. The summed E-state index contributed by atoms with van der Waals surface area (Å²) in [7, 11) is 1.35. The van der Waals surface area contributed by atoms with Crippen molar-refractivity contribution in [2.45, 2.75) is 13.1 Å². The van der Waals surface area contributed by atoms with Gasteiger partial charge < -0.3 is 14.6 Å². The van der Waals surface area contributed by atoms with Gasteiger partial charge in [0.15, 0.2) is 0 Å². The second-order valence-corrected chi connectivity index (χ2v) is 8.75. The van der Waals surface area contributed by atoms with Crippen molar-refractivity contribution < 1.29 is 14.3 Å². The lowest BCUT2D eigenvalue weighted by molar-refractivity contribution is 0.0600. The summed E-state index contributed by atoms with van der Waals surface area (Å²) in [6, 6.07) is 22.8. The van der Waals surface area contributed by atoms with Gasteiger partial charge in [-0.2, -0.15) is 0 Å². The van der Waals surface area contributed by atoms with E-state index in [1.807, 2.05) is 60.8 Å². The SMILES string of the molecule is COC(=O)c1ccc(CNC(=O)c2cccc3ccn(Cc4nc5ccccc5s4)c23)cc1. The summed E-state index contributed by atoms with van der Waals surface area (Å²) in [4.78, 5) is 29.4. The number of thiazole rings is 1. The van der Waals surface area contributed by atoms with Gasteiger partial charge in [-0.1, -0.05) is 36.4 Å². The van der Waals surface area contributed by atoms with Crippen LogP contribution < -0.4 is 5.32 Å². The molecule has 0 saturated heterocycles. The summed E-state index contributed by atoms with van der Waals surface area (Å²) in [6.45, 7) is 0.956. The van der Waals surface area contributed by atoms with Gasteiger partial charge in [0, 0.05) is 18.1 Å². The van der Waals surface area contributed by atoms with Crippen LogP contribution >= 0.6 is 11.3 Å². The topological polar surface area (TPSA) is 73.2 Å². The van der Waals surface area contributed by atoms with Crippen molar-refractivity contribution in [3.05, 3.63) is 101 Å². The third kappa shape index (κ3) is 4.23. The van der Waals surface area contributed by atoms with Crippen molar-refractivity contribution in [1.82, 2.24) is 14.9 Å². The number of aromatic nitrogens is 2. The van der Waals surface area contributed by atoms with Crippen LogP contribution in [-0.4, -0.2) is 28.5 Å². The van der Waals surface area contributed by atoms with Crippen molar-refractivity contribution in [3.8, 4) is 0 Å². The number of hydrogen-bond donors (Lipinski definition) is 1. The standard InChI is InChI=1S/C26H21N3O3S/c1-32-26(31)19-11-9-17(10-12-19)15-27-25(30)20-6-4-5-18-13-14-29(24(18)20)16-23-28-21-7-2-3-8-22(21)33-23/h2-14H,15-16H2,1H3,(H,27,30). The van der Waals surface area contributed by atoms with Crippen LogP contribution in [0.2, 0.25) is 0 Å². The zero-order valence-corrected chi connectivity index (χ0v) is 18.8. The number of hydrogen-bond acceptors (Lipinski definition) is 5. The second kappa shape index (κ2) is 8.88. The molecule has 6 nitrogen and oxygen atoms in total. The zero-order valence-electron chi connectivity index (χ0n) is 17.9. The van der Waals surface area contributed by atoms with Gasteiger partial charge in [0.1, 0.15) is 5.01 Å². The largest absolute Gasteiger partial charge is 0.465 e. The molecule has 2 aromatic heterocycles. The zero-order chi connectivity index (χ0) is 22.8. The highest BCUT2D eigenvalue weighted by molar-refractivity contribution is 7.18. The number of carbonyl (C=O) groups excluding carboxylic acids is 2. The van der Waals surface area contributed by atoms with Crippen LogP contribution in [0.15, 0.2) is 79.0 Å². The first kappa shape index (κ1) is 20.9. The van der Waals surface area contributed by atoms with Gasteiger partial charge in [0.2, 0.25) is 0 Å². The summed E-state index contributed by atoms with van der Waals surface area (Å²) in [5.41, 5.74) is 3.86. The minimum absolute atomic E-state index is 0.151. The Labute approximate surface area is 194 Å². The summed E-state index contributed by atoms with van der Waals surface area (Å²) in [5.74, 6) is -0.534. The number of nitrogens with zero attached hydrogens (tertiary/aromatic N) is 2. The van der Waals surface area contributed by atoms with Crippen molar-refractivity contribution >= 4 is 44.3 Å². The molecule has 0 spiro atoms. The van der Waals surface area contributed by atoms with Crippen molar-refractivity contribution in [3.63, 3.8) is 0 Å². The lowest BCUT2D eigenvalue weighted by Crippen LogP contribution is -2.23. The molecule has 164 valence electrons. The van der Waals surface area contributed by atoms with Crippen LogP contribution in [0.5, 0.6) is 0 Å². The van der Waals surface area contributed by atoms with E-state index < -0.39 is 0 Å². The molecule has 3 aromatic carbocycles. The van der Waals surface area contributed by atoms with Crippen molar-refractivity contribution in [2.75, 3.05) is 7.11 Å². The van der Waals surface area contributed by atoms with E-state index >= 15 is 0 Å². The predicted molar refractivity (Wildman–Crippen MR) is 130 cm³/mol. The fourth-order valence-corrected chi connectivity index (χ4v) is 4.83. The van der Waals surface area contributed by atoms with E-state index in [1.54, 1.807) is 23.5 Å². The van der Waals surface area contributed by atoms with Crippen molar-refractivity contribution in [1.29, 1.82) is 0 Å². The Morgan fingerprint density at radius 3 is 2.61 bits per heavy atom. The average Bonchev–Trinajstić information content (AvgIpc) is 3.46. The lowest BCUT2D eigenvalue weighted by atomic mass is 10.1. The van der Waals surface area contributed by atoms with E-state index in [4.69, 9.17) is 9.72 Å². The monoisotopic (exact) mass is 455 g/mol. The molecule has 0 aliphatic heterocycles. The smallest absolute Gasteiger partial charge is 0.337 e. The van der Waals surface area contributed by atoms with Gasteiger partial charge in [-0.25, -0.2) is 9.78 Å². The number of rotatable bonds is 6. The van der Waals surface area contributed by atoms with Gasteiger partial charge in [0.05, 0.1) is 40.5 Å². The van der Waals surface area contributed by atoms with Crippen LogP contribution in [0.1, 0.15) is 31.3 Å². The number of ether oxygens (including phenoxy) is 1. The molecule has 1 N–H and O–H groups in total. The Bertz CT molecular complexity index is 1430. The second-order valence-electron chi connectivity index (χ2n) is 7.63. The summed E-state index contributed by atoms with van der Waals surface area (Å²) < 4.78 is 7.95. The molecular weight excluding hydrogens is 434 g/mol. The number of carbonyl (C=O) groups is 2. The fourth-order valence-electron chi connectivity index (χ4n) is 3.86. The lowest BCUT2D eigenvalue weighted by Gasteiger charge is -2.10. The van der Waals surface area contributed by atoms with Crippen LogP contribution in [0.3, 0.4) is 0 Å². The van der Waals surface area contributed by atoms with Gasteiger partial charge in [-0.3, -0.25) is 4.79 Å². The Kier molecular flexibility index (Phi) is 5.62. The third-order valence-electron chi connectivity index (χ3n) is 5.50. The number of fused-ring (bicyclic) bond motifs is 2. The Morgan fingerprint density at radius 1 is 1.00 bits per heavy atom. The maximum Gasteiger partial charge on any atom is 0.337 e. The molecule has 0 bridgehead atoms. The molecule has 0 fully saturated rings. The molecular formula is C26H21N3O3S. The Morgan fingerprint density at radius 2 is 1.82 bits per heavy atom. The highest BCUT2D eigenvalue weighted by Gasteiger charge is 2.15. The number of amides is 1. The average molecular weight is 456 g/mol. The molecule has 0 saturated carbocycles. The van der Waals surface area contributed by atoms with Gasteiger partial charge in [-0.05, 0) is 42.0 Å². The third-order valence-corrected chi connectivity index (χ3v) is 6.53. The molecule has 0 unspecified atom stereocenters. The molecule has 33 heavy (non-hydrogen) atoms. The molecule has 5 rings (SSSR count). The molecule has 5 aromatic rings. The van der Waals surface area contributed by atoms with Crippen LogP contribution in [0.4, 0.5) is 0 Å². The minimum atomic E-state index is -0.383.